The zero-order chi connectivity index (χ0) is 56.9. The van der Waals surface area contributed by atoms with E-state index in [1.54, 1.807) is 42.5 Å². The minimum atomic E-state index is -3.52. The van der Waals surface area contributed by atoms with Gasteiger partial charge in [-0.2, -0.15) is 0 Å². The van der Waals surface area contributed by atoms with Crippen LogP contribution in [-0.2, 0) is 58.3 Å². The summed E-state index contributed by atoms with van der Waals surface area (Å²) >= 11 is 0. The molecular weight excluding hydrogens is 906 g/mol. The predicted octanol–water partition coefficient (Wildman–Crippen LogP) is 12.3. The molecule has 59 heavy (non-hydrogen) atoms. The summed E-state index contributed by atoms with van der Waals surface area (Å²) in [5.74, 6) is -1.10. The normalized spacial score (nSPS) is 18.1. The van der Waals surface area contributed by atoms with Gasteiger partial charge in [-0.15, -0.1) is 90.0 Å². The summed E-state index contributed by atoms with van der Waals surface area (Å²) in [5, 5.41) is 0.641. The topological polar surface area (TPSA) is 51.8 Å². The second-order valence-corrected chi connectivity index (χ2v) is 12.9. The number of hydrogen-bond donors (Lipinski definition) is 0. The summed E-state index contributed by atoms with van der Waals surface area (Å²) in [6.07, 6.45) is -17.9. The molecule has 0 aliphatic heterocycles. The summed E-state index contributed by atoms with van der Waals surface area (Å²) in [6.45, 7) is -6.20. The number of nitrogens with zero attached hydrogens (tertiary/aromatic N) is 3. The van der Waals surface area contributed by atoms with Crippen LogP contribution in [-0.4, -0.2) is 15.0 Å². The maximum Gasteiger partial charge on any atom is 3.00 e. The Kier molecular flexibility index (Phi) is 6.75. The van der Waals surface area contributed by atoms with Gasteiger partial charge in [-0.1, -0.05) is 64.5 Å². The fraction of sp³-hybridized carbons (Fsp3) is 0.151. The van der Waals surface area contributed by atoms with Crippen LogP contribution in [0.5, 0.6) is 0 Å². The van der Waals surface area contributed by atoms with Crippen molar-refractivity contribution >= 4 is 21.9 Å². The molecule has 0 unspecified atom stereocenters. The Labute approximate surface area is 386 Å². The zero-order valence-electron chi connectivity index (χ0n) is 50.6. The van der Waals surface area contributed by atoms with Crippen LogP contribution < -0.4 is 0 Å². The van der Waals surface area contributed by atoms with Gasteiger partial charge >= 0.3 is 20.1 Å². The molecule has 9 rings (SSSR count). The van der Waals surface area contributed by atoms with Crippen molar-refractivity contribution in [1.29, 1.82) is 0 Å². The molecule has 0 N–H and O–H groups in total. The SMILES string of the molecule is [2H]c1cc2c(oc3c(-c4ccc(C([2H])([2H])C([2H])([2H])c5cc(C([2H])([2H])C([2H])([2H])c6cnc(-c7[c-]cccc7)cc6C([2H])([2H])[2H])cc(C([2H])([2H])C([2H])([2H])c6cnc(-c7[c-]cccc7)cc6C([2H])([2H])[2H])c5)cn4)[c-]ccc32)c([2H])c1F.[Ir+3]. The fourth-order valence-corrected chi connectivity index (χ4v) is 6.17. The first-order valence-corrected chi connectivity index (χ1v) is 17.8. The molecule has 0 aliphatic rings. The number of halogens is 1. The Bertz CT molecular complexity index is 3630. The minimum absolute atomic E-state index is 0. The minimum Gasteiger partial charge on any atom is -0.500 e. The average Bonchev–Trinajstić information content (AvgIpc) is 3.76. The van der Waals surface area contributed by atoms with Crippen LogP contribution in [0, 0.1) is 37.7 Å². The second kappa shape index (κ2) is 17.8. The molecule has 4 heterocycles. The number of hydrogen-bond acceptors (Lipinski definition) is 4. The van der Waals surface area contributed by atoms with Crippen LogP contribution in [0.25, 0.3) is 55.7 Å². The second-order valence-electron chi connectivity index (χ2n) is 12.9. The molecule has 0 fully saturated rings. The number of fused-ring (bicyclic) bond motifs is 3. The maximum atomic E-state index is 14.6. The van der Waals surface area contributed by atoms with E-state index >= 15 is 0 Å². The van der Waals surface area contributed by atoms with Gasteiger partial charge in [0, 0.05) is 54.7 Å². The van der Waals surface area contributed by atoms with E-state index in [4.69, 9.17) is 15.4 Å². The number of benzene rings is 5. The first-order chi connectivity index (χ1) is 36.2. The first kappa shape index (κ1) is 22.3. The van der Waals surface area contributed by atoms with Crippen molar-refractivity contribution in [3.8, 4) is 33.8 Å². The average molecular weight is 967 g/mol. The van der Waals surface area contributed by atoms with Gasteiger partial charge < -0.3 is 19.4 Å². The monoisotopic (exact) mass is 967 g/mol. The van der Waals surface area contributed by atoms with E-state index in [1.807, 2.05) is 0 Å². The van der Waals surface area contributed by atoms with Gasteiger partial charge in [-0.3, -0.25) is 0 Å². The van der Waals surface area contributed by atoms with Crippen molar-refractivity contribution in [2.45, 2.75) is 51.9 Å². The summed E-state index contributed by atoms with van der Waals surface area (Å²) in [5.41, 5.74) is -5.07. The van der Waals surface area contributed by atoms with E-state index in [1.165, 1.54) is 30.3 Å². The molecule has 0 saturated carbocycles. The van der Waals surface area contributed by atoms with E-state index in [9.17, 15) is 20.8 Å². The first-order valence-electron chi connectivity index (χ1n) is 27.8. The van der Waals surface area contributed by atoms with Gasteiger partial charge in [0.2, 0.25) is 0 Å². The molecule has 0 saturated heterocycles. The Morgan fingerprint density at radius 1 is 0.610 bits per heavy atom. The molecular formula is C53H41FIrN3O. The number of aromatic nitrogens is 3. The number of rotatable bonds is 12. The Balaban J connectivity index is 0.00000822. The van der Waals surface area contributed by atoms with Gasteiger partial charge in [-0.25, -0.2) is 4.39 Å². The molecule has 4 nitrogen and oxygen atoms in total. The van der Waals surface area contributed by atoms with Crippen LogP contribution in [0.15, 0.2) is 144 Å². The Morgan fingerprint density at radius 3 is 1.76 bits per heavy atom. The van der Waals surface area contributed by atoms with Gasteiger partial charge in [0.25, 0.3) is 0 Å². The third-order valence-electron chi connectivity index (χ3n) is 9.02. The van der Waals surface area contributed by atoms with Crippen LogP contribution in [0.4, 0.5) is 4.39 Å². The predicted molar refractivity (Wildman–Crippen MR) is 231 cm³/mol. The molecule has 6 heteroatoms. The van der Waals surface area contributed by atoms with Crippen LogP contribution in [0.1, 0.15) is 71.9 Å². The summed E-state index contributed by atoms with van der Waals surface area (Å²) in [4.78, 5) is 12.9. The van der Waals surface area contributed by atoms with Crippen LogP contribution in [0.2, 0.25) is 0 Å². The van der Waals surface area contributed by atoms with E-state index in [-0.39, 0.29) is 59.3 Å². The van der Waals surface area contributed by atoms with Crippen molar-refractivity contribution in [1.82, 2.24) is 15.0 Å². The molecule has 0 bridgehead atoms. The quantitative estimate of drug-likeness (QED) is 0.115. The van der Waals surface area contributed by atoms with Gasteiger partial charge in [-0.05, 0) is 115 Å². The van der Waals surface area contributed by atoms with Crippen molar-refractivity contribution in [3.63, 3.8) is 0 Å². The van der Waals surface area contributed by atoms with Crippen molar-refractivity contribution in [2.24, 2.45) is 0 Å². The summed E-state index contributed by atoms with van der Waals surface area (Å²) in [6, 6.07) is 31.3. The Morgan fingerprint density at radius 2 is 1.20 bits per heavy atom. The third-order valence-corrected chi connectivity index (χ3v) is 9.02. The van der Waals surface area contributed by atoms with Gasteiger partial charge in [0.1, 0.15) is 11.4 Å². The fourth-order valence-electron chi connectivity index (χ4n) is 6.17. The van der Waals surface area contributed by atoms with E-state index in [2.05, 4.69) is 33.2 Å². The third kappa shape index (κ3) is 9.00. The van der Waals surface area contributed by atoms with E-state index in [0.29, 0.717) is 22.6 Å². The molecule has 9 aromatic rings. The molecule has 0 radical (unpaired) electrons. The largest absolute Gasteiger partial charge is 3.00 e. The number of aryl methyl sites for hydroxylation is 8. The number of furan rings is 1. The molecule has 290 valence electrons. The summed E-state index contributed by atoms with van der Waals surface area (Å²) < 4.78 is 200. The molecule has 5 aromatic carbocycles. The Hall–Kier alpha value is -6.07. The standard InChI is InChI=1S/C53H41FN3O.Ir/c1-35-26-50(41-10-5-3-6-11-41)56-33-43(35)21-18-39-28-38(29-40(30-39)19-22-44-34-57-51(27-36(44)2)42-12-7-4-8-13-42)17-16-37-20-25-49(55-32-37)48-15-9-14-47-46-24-23-45(54)31-52(46)58-53(47)48;/h3-10,12,14,20,23-34H,16-19,21-22H2,1-2H3;/q-3;+3/i1D3,2D3,16D2,17D2,18D2,19D2,21D2,22D2,23D,31D;. The molecule has 4 aromatic heterocycles. The maximum absolute atomic E-state index is 14.6. The number of pyridine rings is 3. The molecule has 0 aliphatic carbocycles. The van der Waals surface area contributed by atoms with Crippen LogP contribution in [0.3, 0.4) is 0 Å². The summed E-state index contributed by atoms with van der Waals surface area (Å²) in [7, 11) is 0. The van der Waals surface area contributed by atoms with E-state index < -0.39 is 114 Å². The molecule has 0 atom stereocenters. The molecule has 0 amide bonds. The van der Waals surface area contributed by atoms with Gasteiger partial charge in [0.15, 0.2) is 0 Å². The van der Waals surface area contributed by atoms with Gasteiger partial charge in [0.05, 0.1) is 8.32 Å². The smallest absolute Gasteiger partial charge is 0.500 e. The van der Waals surface area contributed by atoms with Crippen LogP contribution >= 0.6 is 0 Å². The van der Waals surface area contributed by atoms with Crippen molar-refractivity contribution in [2.75, 3.05) is 0 Å². The van der Waals surface area contributed by atoms with Crippen molar-refractivity contribution in [3.05, 3.63) is 208 Å². The molecule has 0 spiro atoms. The zero-order valence-corrected chi connectivity index (χ0v) is 33.0. The van der Waals surface area contributed by atoms with Crippen molar-refractivity contribution < 1.29 is 56.3 Å². The van der Waals surface area contributed by atoms with E-state index in [0.717, 1.165) is 48.9 Å².